The molecular formula is C13H20N2O2S. The standard InChI is InChI=1S/C13H20N2O2S/c1-9(18-2)8-15-13(17)12(14)7-10-3-5-11(16)6-4-10/h3-6,9,12,16H,7-8,14H2,1-2H3,(H,15,17). The summed E-state index contributed by atoms with van der Waals surface area (Å²) < 4.78 is 0. The molecule has 0 saturated heterocycles. The van der Waals surface area contributed by atoms with Gasteiger partial charge >= 0.3 is 0 Å². The topological polar surface area (TPSA) is 75.4 Å². The van der Waals surface area contributed by atoms with E-state index in [1.807, 2.05) is 6.26 Å². The second-order valence-corrected chi connectivity index (χ2v) is 5.54. The van der Waals surface area contributed by atoms with Crippen LogP contribution in [0.4, 0.5) is 0 Å². The molecule has 0 spiro atoms. The monoisotopic (exact) mass is 268 g/mol. The minimum atomic E-state index is -0.552. The van der Waals surface area contributed by atoms with E-state index in [-0.39, 0.29) is 11.7 Å². The molecule has 100 valence electrons. The third-order valence-corrected chi connectivity index (χ3v) is 3.67. The average Bonchev–Trinajstić information content (AvgIpc) is 2.38. The first-order valence-electron chi connectivity index (χ1n) is 5.87. The highest BCUT2D eigenvalue weighted by atomic mass is 32.2. The van der Waals surface area contributed by atoms with Gasteiger partial charge in [0.15, 0.2) is 0 Å². The van der Waals surface area contributed by atoms with Gasteiger partial charge in [0.05, 0.1) is 6.04 Å². The van der Waals surface area contributed by atoms with Crippen molar-refractivity contribution in [2.24, 2.45) is 5.73 Å². The van der Waals surface area contributed by atoms with Gasteiger partial charge in [0.25, 0.3) is 0 Å². The number of hydrogen-bond donors (Lipinski definition) is 3. The predicted molar refractivity (Wildman–Crippen MR) is 75.8 cm³/mol. The number of carbonyl (C=O) groups excluding carboxylic acids is 1. The van der Waals surface area contributed by atoms with Crippen LogP contribution in [-0.2, 0) is 11.2 Å². The molecule has 1 amide bonds. The quantitative estimate of drug-likeness (QED) is 0.723. The molecule has 1 aromatic carbocycles. The van der Waals surface area contributed by atoms with Crippen LogP contribution in [0.1, 0.15) is 12.5 Å². The molecule has 0 aliphatic heterocycles. The van der Waals surface area contributed by atoms with E-state index in [4.69, 9.17) is 10.8 Å². The number of benzene rings is 1. The number of thioether (sulfide) groups is 1. The van der Waals surface area contributed by atoms with Crippen molar-refractivity contribution in [3.8, 4) is 5.75 Å². The van der Waals surface area contributed by atoms with Gasteiger partial charge in [0.1, 0.15) is 5.75 Å². The van der Waals surface area contributed by atoms with Gasteiger partial charge in [-0.25, -0.2) is 0 Å². The number of phenols is 1. The molecule has 0 bridgehead atoms. The van der Waals surface area contributed by atoms with E-state index in [2.05, 4.69) is 12.2 Å². The van der Waals surface area contributed by atoms with Crippen LogP contribution < -0.4 is 11.1 Å². The molecular weight excluding hydrogens is 248 g/mol. The SMILES string of the molecule is CSC(C)CNC(=O)C(N)Cc1ccc(O)cc1. The number of aromatic hydroxyl groups is 1. The first-order chi connectivity index (χ1) is 8.52. The zero-order valence-corrected chi connectivity index (χ0v) is 11.5. The summed E-state index contributed by atoms with van der Waals surface area (Å²) in [6, 6.07) is 6.18. The van der Waals surface area contributed by atoms with E-state index in [0.29, 0.717) is 18.2 Å². The van der Waals surface area contributed by atoms with Crippen molar-refractivity contribution in [2.45, 2.75) is 24.6 Å². The maximum atomic E-state index is 11.7. The predicted octanol–water partition coefficient (Wildman–Crippen LogP) is 1.13. The summed E-state index contributed by atoms with van der Waals surface area (Å²) in [6.45, 7) is 2.68. The molecule has 0 saturated carbocycles. The molecule has 0 radical (unpaired) electrons. The van der Waals surface area contributed by atoms with Gasteiger partial charge in [0, 0.05) is 11.8 Å². The fourth-order valence-corrected chi connectivity index (χ4v) is 1.69. The second-order valence-electron chi connectivity index (χ2n) is 4.27. The Morgan fingerprint density at radius 2 is 2.06 bits per heavy atom. The van der Waals surface area contributed by atoms with Crippen molar-refractivity contribution >= 4 is 17.7 Å². The van der Waals surface area contributed by atoms with Crippen LogP contribution in [0.2, 0.25) is 0 Å². The number of nitrogens with one attached hydrogen (secondary N) is 1. The Hall–Kier alpha value is -1.20. The third-order valence-electron chi connectivity index (χ3n) is 2.69. The Balaban J connectivity index is 2.42. The lowest BCUT2D eigenvalue weighted by Crippen LogP contribution is -2.43. The smallest absolute Gasteiger partial charge is 0.237 e. The summed E-state index contributed by atoms with van der Waals surface area (Å²) in [5.74, 6) is 0.0783. The normalized spacial score (nSPS) is 13.9. The first-order valence-corrected chi connectivity index (χ1v) is 7.15. The van der Waals surface area contributed by atoms with E-state index in [1.54, 1.807) is 36.0 Å². The van der Waals surface area contributed by atoms with Gasteiger partial charge in [-0.15, -0.1) is 0 Å². The maximum absolute atomic E-state index is 11.7. The van der Waals surface area contributed by atoms with E-state index in [9.17, 15) is 4.79 Å². The summed E-state index contributed by atoms with van der Waals surface area (Å²) in [4.78, 5) is 11.7. The zero-order chi connectivity index (χ0) is 13.5. The Labute approximate surface area is 112 Å². The molecule has 2 unspecified atom stereocenters. The number of hydrogen-bond acceptors (Lipinski definition) is 4. The summed E-state index contributed by atoms with van der Waals surface area (Å²) in [5, 5.41) is 12.4. The summed E-state index contributed by atoms with van der Waals surface area (Å²) in [5.41, 5.74) is 6.77. The van der Waals surface area contributed by atoms with Gasteiger partial charge in [-0.2, -0.15) is 11.8 Å². The maximum Gasteiger partial charge on any atom is 0.237 e. The number of phenolic OH excluding ortho intramolecular Hbond substituents is 1. The first kappa shape index (κ1) is 14.9. The molecule has 0 heterocycles. The van der Waals surface area contributed by atoms with Crippen LogP contribution in [0, 0.1) is 0 Å². The van der Waals surface area contributed by atoms with E-state index in [0.717, 1.165) is 5.56 Å². The molecule has 0 aliphatic rings. The van der Waals surface area contributed by atoms with Crippen LogP contribution >= 0.6 is 11.8 Å². The van der Waals surface area contributed by atoms with Crippen LogP contribution in [0.5, 0.6) is 5.75 Å². The van der Waals surface area contributed by atoms with E-state index >= 15 is 0 Å². The molecule has 18 heavy (non-hydrogen) atoms. The van der Waals surface area contributed by atoms with Crippen molar-refractivity contribution in [3.05, 3.63) is 29.8 Å². The highest BCUT2D eigenvalue weighted by Crippen LogP contribution is 2.11. The Kier molecular flexibility index (Phi) is 6.01. The number of rotatable bonds is 6. The van der Waals surface area contributed by atoms with E-state index in [1.165, 1.54) is 0 Å². The van der Waals surface area contributed by atoms with Crippen molar-refractivity contribution in [3.63, 3.8) is 0 Å². The van der Waals surface area contributed by atoms with Crippen LogP contribution in [0.3, 0.4) is 0 Å². The molecule has 1 rings (SSSR count). The van der Waals surface area contributed by atoms with Crippen LogP contribution in [0.25, 0.3) is 0 Å². The van der Waals surface area contributed by atoms with Gasteiger partial charge in [-0.3, -0.25) is 4.79 Å². The van der Waals surface area contributed by atoms with E-state index < -0.39 is 6.04 Å². The lowest BCUT2D eigenvalue weighted by molar-refractivity contribution is -0.122. The second kappa shape index (κ2) is 7.28. The van der Waals surface area contributed by atoms with Crippen molar-refractivity contribution in [1.82, 2.24) is 5.32 Å². The fraction of sp³-hybridized carbons (Fsp3) is 0.462. The molecule has 0 fully saturated rings. The van der Waals surface area contributed by atoms with Crippen molar-refractivity contribution in [1.29, 1.82) is 0 Å². The fourth-order valence-electron chi connectivity index (χ4n) is 1.44. The molecule has 1 aromatic rings. The van der Waals surface area contributed by atoms with Gasteiger partial charge in [-0.05, 0) is 30.4 Å². The lowest BCUT2D eigenvalue weighted by Gasteiger charge is -2.14. The molecule has 2 atom stereocenters. The summed E-state index contributed by atoms with van der Waals surface area (Å²) in [7, 11) is 0. The van der Waals surface area contributed by atoms with Crippen LogP contribution in [-0.4, -0.2) is 35.1 Å². The molecule has 0 aliphatic carbocycles. The number of carbonyl (C=O) groups is 1. The van der Waals surface area contributed by atoms with Crippen LogP contribution in [0.15, 0.2) is 24.3 Å². The van der Waals surface area contributed by atoms with Gasteiger partial charge in [-0.1, -0.05) is 19.1 Å². The lowest BCUT2D eigenvalue weighted by atomic mass is 10.1. The number of nitrogens with two attached hydrogens (primary N) is 1. The molecule has 4 nitrogen and oxygen atoms in total. The van der Waals surface area contributed by atoms with Crippen molar-refractivity contribution in [2.75, 3.05) is 12.8 Å². The number of amides is 1. The largest absolute Gasteiger partial charge is 0.508 e. The Morgan fingerprint density at radius 3 is 2.61 bits per heavy atom. The Morgan fingerprint density at radius 1 is 1.44 bits per heavy atom. The summed E-state index contributed by atoms with van der Waals surface area (Å²) >= 11 is 1.70. The van der Waals surface area contributed by atoms with Crippen molar-refractivity contribution < 1.29 is 9.90 Å². The highest BCUT2D eigenvalue weighted by Gasteiger charge is 2.14. The minimum Gasteiger partial charge on any atom is -0.508 e. The highest BCUT2D eigenvalue weighted by molar-refractivity contribution is 7.99. The average molecular weight is 268 g/mol. The van der Waals surface area contributed by atoms with Gasteiger partial charge < -0.3 is 16.2 Å². The molecule has 0 aromatic heterocycles. The summed E-state index contributed by atoms with van der Waals surface area (Å²) in [6.07, 6.45) is 2.48. The minimum absolute atomic E-state index is 0.135. The third kappa shape index (κ3) is 4.98. The molecule has 5 heteroatoms. The molecule has 4 N–H and O–H groups in total. The Bertz CT molecular complexity index is 381. The van der Waals surface area contributed by atoms with Gasteiger partial charge in [0.2, 0.25) is 5.91 Å². The zero-order valence-electron chi connectivity index (χ0n) is 10.7.